The van der Waals surface area contributed by atoms with Gasteiger partial charge in [-0.05, 0) is 30.7 Å². The van der Waals surface area contributed by atoms with Gasteiger partial charge < -0.3 is 9.88 Å². The maximum absolute atomic E-state index is 13.1. The molecule has 1 atom stereocenters. The van der Waals surface area contributed by atoms with Crippen LogP contribution in [0.2, 0.25) is 0 Å². The number of amides is 1. The Kier molecular flexibility index (Phi) is 5.75. The summed E-state index contributed by atoms with van der Waals surface area (Å²) in [5.41, 5.74) is 1.98. The fourth-order valence-corrected chi connectivity index (χ4v) is 5.52. The molecule has 1 N–H and O–H groups in total. The van der Waals surface area contributed by atoms with Gasteiger partial charge in [0.25, 0.3) is 5.56 Å². The number of nitrogens with zero attached hydrogens (tertiary/aromatic N) is 4. The molecule has 2 aromatic heterocycles. The average Bonchev–Trinajstić information content (AvgIpc) is 3.16. The minimum Gasteiger partial charge on any atom is -0.311 e. The third-order valence-electron chi connectivity index (χ3n) is 5.29. The van der Waals surface area contributed by atoms with Gasteiger partial charge in [-0.15, -0.1) is 11.8 Å². The summed E-state index contributed by atoms with van der Waals surface area (Å²) < 4.78 is 1.64. The van der Waals surface area contributed by atoms with E-state index in [2.05, 4.69) is 28.1 Å². The van der Waals surface area contributed by atoms with Gasteiger partial charge in [-0.25, -0.2) is 9.67 Å². The Morgan fingerprint density at radius 2 is 1.97 bits per heavy atom. The van der Waals surface area contributed by atoms with Gasteiger partial charge in [0.1, 0.15) is 5.39 Å². The molecular formula is C23H21N5O2S2. The second-order valence-corrected chi connectivity index (χ2v) is 9.96. The second kappa shape index (κ2) is 8.84. The van der Waals surface area contributed by atoms with E-state index in [0.29, 0.717) is 28.0 Å². The molecule has 0 aliphatic carbocycles. The lowest BCUT2D eigenvalue weighted by Crippen LogP contribution is -2.33. The Morgan fingerprint density at radius 1 is 1.19 bits per heavy atom. The van der Waals surface area contributed by atoms with E-state index in [1.807, 2.05) is 53.4 Å². The van der Waals surface area contributed by atoms with Crippen molar-refractivity contribution in [1.29, 1.82) is 0 Å². The Bertz CT molecular complexity index is 1340. The number of thioether (sulfide) groups is 2. The summed E-state index contributed by atoms with van der Waals surface area (Å²) >= 11 is 3.04. The van der Waals surface area contributed by atoms with Gasteiger partial charge in [-0.1, -0.05) is 49.0 Å². The molecule has 0 spiro atoms. The Balaban J connectivity index is 1.40. The number of nitrogens with one attached hydrogen (secondary N) is 1. The van der Waals surface area contributed by atoms with E-state index in [-0.39, 0.29) is 17.2 Å². The van der Waals surface area contributed by atoms with E-state index in [4.69, 9.17) is 0 Å². The van der Waals surface area contributed by atoms with Crippen LogP contribution in [-0.4, -0.2) is 43.2 Å². The van der Waals surface area contributed by atoms with Crippen LogP contribution in [0.5, 0.6) is 0 Å². The highest BCUT2D eigenvalue weighted by molar-refractivity contribution is 8.00. The summed E-state index contributed by atoms with van der Waals surface area (Å²) in [5, 5.41) is 5.59. The molecule has 4 aromatic rings. The zero-order valence-electron chi connectivity index (χ0n) is 17.4. The molecule has 162 valence electrons. The number of benzene rings is 2. The molecule has 0 fully saturated rings. The fourth-order valence-electron chi connectivity index (χ4n) is 3.68. The normalized spacial score (nSPS) is 16.0. The van der Waals surface area contributed by atoms with Gasteiger partial charge in [0.2, 0.25) is 5.91 Å². The van der Waals surface area contributed by atoms with Gasteiger partial charge in [-0.2, -0.15) is 5.10 Å². The van der Waals surface area contributed by atoms with Crippen molar-refractivity contribution in [3.8, 4) is 5.69 Å². The number of hydrogen-bond donors (Lipinski definition) is 1. The number of rotatable bonds is 4. The number of carbonyl (C=O) groups excluding carboxylic acids is 1. The van der Waals surface area contributed by atoms with E-state index in [1.165, 1.54) is 18.0 Å². The van der Waals surface area contributed by atoms with Crippen LogP contribution in [0.1, 0.15) is 13.3 Å². The van der Waals surface area contributed by atoms with Crippen molar-refractivity contribution in [1.82, 2.24) is 19.7 Å². The number of H-pyrrole nitrogens is 1. The van der Waals surface area contributed by atoms with Crippen LogP contribution in [0.4, 0.5) is 5.69 Å². The third kappa shape index (κ3) is 4.05. The molecule has 32 heavy (non-hydrogen) atoms. The molecular weight excluding hydrogens is 442 g/mol. The quantitative estimate of drug-likeness (QED) is 0.362. The summed E-state index contributed by atoms with van der Waals surface area (Å²) in [5.74, 6) is 0.179. The highest BCUT2D eigenvalue weighted by Crippen LogP contribution is 2.37. The smallest absolute Gasteiger partial charge is 0.262 e. The van der Waals surface area contributed by atoms with E-state index in [9.17, 15) is 9.59 Å². The highest BCUT2D eigenvalue weighted by Gasteiger charge is 2.24. The monoisotopic (exact) mass is 463 g/mol. The lowest BCUT2D eigenvalue weighted by molar-refractivity contribution is -0.116. The maximum atomic E-state index is 13.1. The number of fused-ring (bicyclic) bond motifs is 2. The summed E-state index contributed by atoms with van der Waals surface area (Å²) in [7, 11) is 0. The van der Waals surface area contributed by atoms with Gasteiger partial charge in [0.15, 0.2) is 10.8 Å². The zero-order valence-corrected chi connectivity index (χ0v) is 19.0. The number of carbonyl (C=O) groups is 1. The van der Waals surface area contributed by atoms with Crippen LogP contribution in [0.15, 0.2) is 75.6 Å². The van der Waals surface area contributed by atoms with Gasteiger partial charge in [0.05, 0.1) is 23.3 Å². The Hall–Kier alpha value is -3.04. The molecule has 1 aliphatic rings. The van der Waals surface area contributed by atoms with Crippen LogP contribution in [0, 0.1) is 0 Å². The standard InChI is InChI=1S/C23H21N5O2S2/c1-15-11-12-27(18-9-5-6-10-19(18)32-15)20(29)14-31-23-25-21-17(22(30)26-23)13-24-28(21)16-7-3-2-4-8-16/h2-10,13,15H,11-12,14H2,1H3,(H,25,26,30)/t15-/m0/s1. The molecule has 9 heteroatoms. The molecule has 0 saturated heterocycles. The molecule has 0 unspecified atom stereocenters. The van der Waals surface area contributed by atoms with Gasteiger partial charge in [-0.3, -0.25) is 9.59 Å². The largest absolute Gasteiger partial charge is 0.311 e. The molecule has 1 amide bonds. The van der Waals surface area contributed by atoms with E-state index in [1.54, 1.807) is 16.4 Å². The van der Waals surface area contributed by atoms with E-state index < -0.39 is 0 Å². The molecule has 3 heterocycles. The molecule has 7 nitrogen and oxygen atoms in total. The average molecular weight is 464 g/mol. The number of para-hydroxylation sites is 2. The lowest BCUT2D eigenvalue weighted by Gasteiger charge is -2.22. The first-order chi connectivity index (χ1) is 15.6. The molecule has 0 bridgehead atoms. The molecule has 1 aliphatic heterocycles. The summed E-state index contributed by atoms with van der Waals surface area (Å²) in [6.45, 7) is 2.86. The van der Waals surface area contributed by atoms with Gasteiger partial charge in [0, 0.05) is 16.7 Å². The van der Waals surface area contributed by atoms with Crippen molar-refractivity contribution in [2.24, 2.45) is 0 Å². The fraction of sp³-hybridized carbons (Fsp3) is 0.217. The van der Waals surface area contributed by atoms with Crippen molar-refractivity contribution in [2.45, 2.75) is 28.6 Å². The first-order valence-electron chi connectivity index (χ1n) is 10.3. The maximum Gasteiger partial charge on any atom is 0.262 e. The summed E-state index contributed by atoms with van der Waals surface area (Å²) in [6.07, 6.45) is 2.44. The lowest BCUT2D eigenvalue weighted by atomic mass is 10.2. The van der Waals surface area contributed by atoms with Crippen molar-refractivity contribution in [3.05, 3.63) is 71.1 Å². The Labute approximate surface area is 193 Å². The first-order valence-corrected chi connectivity index (χ1v) is 12.2. The molecule has 5 rings (SSSR count). The van der Waals surface area contributed by atoms with Crippen LogP contribution < -0.4 is 10.5 Å². The minimum absolute atomic E-state index is 0.00328. The highest BCUT2D eigenvalue weighted by atomic mass is 32.2. The van der Waals surface area contributed by atoms with Gasteiger partial charge >= 0.3 is 0 Å². The predicted octanol–water partition coefficient (Wildman–Crippen LogP) is 4.12. The number of anilines is 1. The van der Waals surface area contributed by atoms with Crippen molar-refractivity contribution in [3.63, 3.8) is 0 Å². The van der Waals surface area contributed by atoms with Crippen LogP contribution in [0.25, 0.3) is 16.7 Å². The van der Waals surface area contributed by atoms with Crippen LogP contribution in [0.3, 0.4) is 0 Å². The first kappa shape index (κ1) is 20.8. The van der Waals surface area contributed by atoms with Crippen molar-refractivity contribution < 1.29 is 4.79 Å². The predicted molar refractivity (Wildman–Crippen MR) is 129 cm³/mol. The van der Waals surface area contributed by atoms with Crippen LogP contribution >= 0.6 is 23.5 Å². The molecule has 0 saturated carbocycles. The number of aromatic nitrogens is 4. The van der Waals surface area contributed by atoms with E-state index >= 15 is 0 Å². The SMILES string of the molecule is C[C@H]1CCN(C(=O)CSc2nc3c(cnn3-c3ccccc3)c(=O)[nH]2)c2ccccc2S1. The zero-order chi connectivity index (χ0) is 22.1. The number of hydrogen-bond acceptors (Lipinski definition) is 6. The minimum atomic E-state index is -0.266. The second-order valence-electron chi connectivity index (χ2n) is 7.52. The van der Waals surface area contributed by atoms with Crippen LogP contribution in [-0.2, 0) is 4.79 Å². The Morgan fingerprint density at radius 3 is 2.81 bits per heavy atom. The summed E-state index contributed by atoms with van der Waals surface area (Å²) in [6, 6.07) is 17.6. The number of aromatic amines is 1. The summed E-state index contributed by atoms with van der Waals surface area (Å²) in [4.78, 5) is 36.1. The van der Waals surface area contributed by atoms with E-state index in [0.717, 1.165) is 22.7 Å². The van der Waals surface area contributed by atoms with Crippen molar-refractivity contribution >= 4 is 46.2 Å². The molecule has 0 radical (unpaired) electrons. The third-order valence-corrected chi connectivity index (χ3v) is 7.39. The van der Waals surface area contributed by atoms with Crippen molar-refractivity contribution in [2.75, 3.05) is 17.2 Å². The molecule has 2 aromatic carbocycles. The topological polar surface area (TPSA) is 83.9 Å².